The van der Waals surface area contributed by atoms with Crippen LogP contribution in [0.25, 0.3) is 0 Å². The van der Waals surface area contributed by atoms with E-state index in [4.69, 9.17) is 10.5 Å². The second kappa shape index (κ2) is 13.7. The summed E-state index contributed by atoms with van der Waals surface area (Å²) in [5, 5.41) is 2.81. The minimum absolute atomic E-state index is 0.155. The van der Waals surface area contributed by atoms with Crippen molar-refractivity contribution in [2.75, 3.05) is 13.1 Å². The summed E-state index contributed by atoms with van der Waals surface area (Å²) in [6.45, 7) is 5.31. The molecule has 12 nitrogen and oxygen atoms in total. The smallest absolute Gasteiger partial charge is 0.419 e. The zero-order valence-corrected chi connectivity index (χ0v) is 26.6. The molecule has 4 N–H and O–H groups in total. The van der Waals surface area contributed by atoms with Gasteiger partial charge in [0.25, 0.3) is 0 Å². The third-order valence-corrected chi connectivity index (χ3v) is 10.4. The van der Waals surface area contributed by atoms with E-state index in [1.165, 1.54) is 4.90 Å². The van der Waals surface area contributed by atoms with Gasteiger partial charge >= 0.3 is 12.1 Å². The predicted octanol–water partition coefficient (Wildman–Crippen LogP) is 3.18. The molecule has 3 aliphatic rings. The maximum Gasteiger partial charge on any atom is 0.419 e. The molecule has 0 bridgehead atoms. The number of nitrogens with one attached hydrogen (secondary N) is 2. The predicted molar refractivity (Wildman–Crippen MR) is 164 cm³/mol. The Kier molecular flexibility index (Phi) is 10.4. The first-order valence-electron chi connectivity index (χ1n) is 15.4. The summed E-state index contributed by atoms with van der Waals surface area (Å²) in [6, 6.07) is 6.16. The fraction of sp³-hybridized carbons (Fsp3) is 0.613. The lowest BCUT2D eigenvalue weighted by Gasteiger charge is -2.34. The summed E-state index contributed by atoms with van der Waals surface area (Å²) in [4.78, 5) is 53.9. The van der Waals surface area contributed by atoms with Crippen molar-refractivity contribution in [3.8, 4) is 0 Å². The molecule has 13 heteroatoms. The van der Waals surface area contributed by atoms with Gasteiger partial charge in [0.15, 0.2) is 4.87 Å². The summed E-state index contributed by atoms with van der Waals surface area (Å²) in [6.07, 6.45) is 7.06. The highest BCUT2D eigenvalue weighted by Crippen LogP contribution is 2.49. The van der Waals surface area contributed by atoms with Crippen molar-refractivity contribution in [1.82, 2.24) is 19.8 Å². The Hall–Kier alpha value is -3.45. The molecule has 2 heterocycles. The van der Waals surface area contributed by atoms with Gasteiger partial charge in [0.05, 0.1) is 0 Å². The number of hydrogen-bond donors (Lipinski definition) is 3. The van der Waals surface area contributed by atoms with Gasteiger partial charge in [-0.1, -0.05) is 55.3 Å². The van der Waals surface area contributed by atoms with E-state index < -0.39 is 62.4 Å². The Morgan fingerprint density at radius 3 is 2.52 bits per heavy atom. The largest absolute Gasteiger partial charge is 0.443 e. The molecule has 2 aliphatic heterocycles. The number of carbonyl (C=O) groups excluding carboxylic acids is 4. The van der Waals surface area contributed by atoms with Gasteiger partial charge in [-0.2, -0.15) is 0 Å². The number of rotatable bonds is 6. The molecule has 1 saturated carbocycles. The lowest BCUT2D eigenvalue weighted by Crippen LogP contribution is -2.59. The molecule has 4 rings (SSSR count). The van der Waals surface area contributed by atoms with Crippen molar-refractivity contribution < 1.29 is 32.3 Å². The molecule has 0 unspecified atom stereocenters. The number of imide groups is 1. The highest BCUT2D eigenvalue weighted by atomic mass is 32.2. The number of hydrogen-bond acceptors (Lipinski definition) is 7. The minimum Gasteiger partial charge on any atom is -0.443 e. The number of primary amides is 1. The van der Waals surface area contributed by atoms with Crippen LogP contribution in [0.4, 0.5) is 9.59 Å². The molecule has 2 fully saturated rings. The van der Waals surface area contributed by atoms with Crippen LogP contribution >= 0.6 is 0 Å². The highest BCUT2D eigenvalue weighted by Gasteiger charge is 2.64. The van der Waals surface area contributed by atoms with Crippen molar-refractivity contribution in [2.24, 2.45) is 11.7 Å². The minimum atomic E-state index is -4.00. The van der Waals surface area contributed by atoms with Crippen LogP contribution in [0.2, 0.25) is 0 Å². The average molecular weight is 632 g/mol. The van der Waals surface area contributed by atoms with Gasteiger partial charge < -0.3 is 20.7 Å². The van der Waals surface area contributed by atoms with Crippen LogP contribution in [-0.4, -0.2) is 77.8 Å². The van der Waals surface area contributed by atoms with Crippen LogP contribution in [0.3, 0.4) is 0 Å². The summed E-state index contributed by atoms with van der Waals surface area (Å²) in [5.41, 5.74) is 5.66. The molecule has 1 aliphatic carbocycles. The van der Waals surface area contributed by atoms with Gasteiger partial charge in [0.1, 0.15) is 17.7 Å². The third-order valence-electron chi connectivity index (χ3n) is 8.30. The SMILES string of the molecule is CC(C)(C)OC(=O)N(C(N)=O)[C@H]1CCCCC/C=C\[C@@H]2C[C@]2(S(=O)(=O)NCCc2ccccc2)NC(=O)[C@@H]2CCCN2C1=O. The molecule has 4 atom stereocenters. The molecular formula is C31H45N5O7S. The van der Waals surface area contributed by atoms with Crippen molar-refractivity contribution in [1.29, 1.82) is 0 Å². The van der Waals surface area contributed by atoms with E-state index in [-0.39, 0.29) is 25.9 Å². The zero-order chi connectivity index (χ0) is 32.1. The van der Waals surface area contributed by atoms with Crippen LogP contribution in [-0.2, 0) is 30.8 Å². The van der Waals surface area contributed by atoms with Gasteiger partial charge in [0, 0.05) is 19.0 Å². The number of sulfonamides is 1. The molecular weight excluding hydrogens is 586 g/mol. The van der Waals surface area contributed by atoms with Gasteiger partial charge in [0.2, 0.25) is 21.8 Å². The topological polar surface area (TPSA) is 168 Å². The Labute approximate surface area is 259 Å². The number of nitrogens with zero attached hydrogens (tertiary/aromatic N) is 2. The van der Waals surface area contributed by atoms with Crippen LogP contribution in [0.5, 0.6) is 0 Å². The number of allylic oxidation sites excluding steroid dienone is 1. The Morgan fingerprint density at radius 1 is 1.11 bits per heavy atom. The number of fused-ring (bicyclic) bond motifs is 2. The van der Waals surface area contributed by atoms with Crippen molar-refractivity contribution in [3.63, 3.8) is 0 Å². The monoisotopic (exact) mass is 631 g/mol. The summed E-state index contributed by atoms with van der Waals surface area (Å²) < 4.78 is 35.5. The lowest BCUT2D eigenvalue weighted by molar-refractivity contribution is -0.142. The van der Waals surface area contributed by atoms with Crippen LogP contribution < -0.4 is 15.8 Å². The van der Waals surface area contributed by atoms with Crippen molar-refractivity contribution >= 4 is 34.0 Å². The standard InChI is InChI=1S/C31H45N5O7S/c1-30(2,3)43-29(40)36(28(32)39)25-16-11-6-4-5-10-15-23-21-31(23,34-26(37)24-17-12-20-35(24)27(25)38)44(41,42)33-19-18-22-13-8-7-9-14-22/h7-10,13-15,23-25,33H,4-6,11-12,16-21H2,1-3H3,(H2,32,39)(H,34,37)/b15-10-/t23-,24+,25+,31-/m1/s1. The first-order chi connectivity index (χ1) is 20.8. The first-order valence-corrected chi connectivity index (χ1v) is 16.9. The number of nitrogens with two attached hydrogens (primary N) is 1. The van der Waals surface area contributed by atoms with E-state index >= 15 is 0 Å². The highest BCUT2D eigenvalue weighted by molar-refractivity contribution is 7.91. The number of amides is 5. The maximum atomic E-state index is 14.0. The van der Waals surface area contributed by atoms with E-state index in [0.29, 0.717) is 43.4 Å². The van der Waals surface area contributed by atoms with E-state index in [0.717, 1.165) is 12.0 Å². The summed E-state index contributed by atoms with van der Waals surface area (Å²) in [5.74, 6) is -1.59. The number of ether oxygens (including phenoxy) is 1. The molecule has 44 heavy (non-hydrogen) atoms. The van der Waals surface area contributed by atoms with Gasteiger partial charge in [-0.05, 0) is 71.3 Å². The average Bonchev–Trinajstić information content (AvgIpc) is 3.41. The van der Waals surface area contributed by atoms with E-state index in [1.54, 1.807) is 20.8 Å². The normalized spacial score (nSPS) is 27.2. The van der Waals surface area contributed by atoms with Crippen LogP contribution in [0.15, 0.2) is 42.5 Å². The summed E-state index contributed by atoms with van der Waals surface area (Å²) >= 11 is 0. The number of carbonyl (C=O) groups is 4. The van der Waals surface area contributed by atoms with Crippen molar-refractivity contribution in [2.45, 2.75) is 101 Å². The number of benzene rings is 1. The summed E-state index contributed by atoms with van der Waals surface area (Å²) in [7, 11) is -4.00. The maximum absolute atomic E-state index is 14.0. The quantitative estimate of drug-likeness (QED) is 0.405. The molecule has 0 radical (unpaired) electrons. The molecule has 1 aromatic carbocycles. The van der Waals surface area contributed by atoms with Crippen molar-refractivity contribution in [3.05, 3.63) is 48.0 Å². The molecule has 5 amide bonds. The Bertz CT molecular complexity index is 1360. The van der Waals surface area contributed by atoms with E-state index in [1.807, 2.05) is 42.5 Å². The first kappa shape index (κ1) is 33.4. The fourth-order valence-corrected chi connectivity index (χ4v) is 7.72. The van der Waals surface area contributed by atoms with Gasteiger partial charge in [-0.3, -0.25) is 9.59 Å². The molecule has 0 aromatic heterocycles. The second-order valence-electron chi connectivity index (χ2n) is 12.8. The molecule has 1 saturated heterocycles. The van der Waals surface area contributed by atoms with Gasteiger partial charge in [-0.15, -0.1) is 0 Å². The zero-order valence-electron chi connectivity index (χ0n) is 25.8. The number of urea groups is 1. The Morgan fingerprint density at radius 2 is 1.84 bits per heavy atom. The lowest BCUT2D eigenvalue weighted by atomic mass is 10.0. The molecule has 242 valence electrons. The molecule has 0 spiro atoms. The van der Waals surface area contributed by atoms with E-state index in [2.05, 4.69) is 10.0 Å². The second-order valence-corrected chi connectivity index (χ2v) is 14.8. The Balaban J connectivity index is 1.59. The third kappa shape index (κ3) is 7.79. The van der Waals surface area contributed by atoms with Crippen LogP contribution in [0, 0.1) is 5.92 Å². The molecule has 1 aromatic rings. The fourth-order valence-electron chi connectivity index (χ4n) is 5.98. The van der Waals surface area contributed by atoms with Crippen LogP contribution in [0.1, 0.15) is 77.7 Å². The van der Waals surface area contributed by atoms with Gasteiger partial charge in [-0.25, -0.2) is 27.6 Å². The van der Waals surface area contributed by atoms with E-state index in [9.17, 15) is 27.6 Å².